The van der Waals surface area contributed by atoms with E-state index >= 15 is 0 Å². The molecule has 52 nitrogen and oxygen atoms in total. The molecule has 25 atom stereocenters. The van der Waals surface area contributed by atoms with E-state index < -0.39 is 268 Å². The highest BCUT2D eigenvalue weighted by Gasteiger charge is 2.61. The van der Waals surface area contributed by atoms with Crippen LogP contribution in [0.25, 0.3) is 0 Å². The number of aliphatic carboxylic acids is 2. The highest BCUT2D eigenvalue weighted by molar-refractivity contribution is 7.84. The van der Waals surface area contributed by atoms with Crippen LogP contribution in [0.15, 0.2) is 0 Å². The number of rotatable bonds is 29. The van der Waals surface area contributed by atoms with Gasteiger partial charge in [-0.15, -0.1) is 0 Å². The van der Waals surface area contributed by atoms with Gasteiger partial charge in [-0.05, 0) is 0 Å². The van der Waals surface area contributed by atoms with Gasteiger partial charge in [0.05, 0.1) is 19.8 Å². The second-order valence-electron chi connectivity index (χ2n) is 18.5. The van der Waals surface area contributed by atoms with E-state index in [4.69, 9.17) is 51.7 Å². The van der Waals surface area contributed by atoms with Crippen LogP contribution in [-0.4, -0.2) is 335 Å². The monoisotopic (exact) mass is 1490 g/mol. The van der Waals surface area contributed by atoms with E-state index in [0.29, 0.717) is 0 Å². The number of aliphatic hydroxyl groups excluding tert-OH is 7. The Labute approximate surface area is 502 Å². The van der Waals surface area contributed by atoms with Gasteiger partial charge in [0.15, 0.2) is 49.8 Å². The minimum atomic E-state index is -6.36. The molecule has 20 N–H and O–H groups in total. The zero-order valence-corrected chi connectivity index (χ0v) is 49.5. The van der Waals surface area contributed by atoms with Crippen LogP contribution in [0.2, 0.25) is 0 Å². The molecule has 5 fully saturated rings. The van der Waals surface area contributed by atoms with Crippen LogP contribution in [0.3, 0.4) is 0 Å². The first-order valence-electron chi connectivity index (χ1n) is 23.2. The van der Waals surface area contributed by atoms with Crippen molar-refractivity contribution in [3.05, 3.63) is 0 Å². The molecule has 5 aliphatic heterocycles. The van der Waals surface area contributed by atoms with Gasteiger partial charge in [-0.1, -0.05) is 0 Å². The zero-order valence-electron chi connectivity index (χ0n) is 43.0. The van der Waals surface area contributed by atoms with E-state index in [2.05, 4.69) is 20.9 Å². The maximum atomic E-state index is 12.9. The summed E-state index contributed by atoms with van der Waals surface area (Å²) in [6.45, 7) is -5.16. The van der Waals surface area contributed by atoms with Gasteiger partial charge < -0.3 is 88.6 Å². The van der Waals surface area contributed by atoms with Crippen molar-refractivity contribution in [2.24, 2.45) is 0 Å². The summed E-state index contributed by atoms with van der Waals surface area (Å²) < 4.78 is 339. The van der Waals surface area contributed by atoms with Crippen molar-refractivity contribution in [2.45, 2.75) is 153 Å². The quantitative estimate of drug-likeness (QED) is 0.0309. The number of carboxylic acids is 2. The first kappa shape index (κ1) is 78.0. The summed E-state index contributed by atoms with van der Waals surface area (Å²) in [6, 6.07) is -8.42. The fourth-order valence-electron chi connectivity index (χ4n) is 8.80. The van der Waals surface area contributed by atoms with Crippen molar-refractivity contribution in [3.8, 4) is 0 Å². The Kier molecular flexibility index (Phi) is 25.4. The van der Waals surface area contributed by atoms with E-state index in [1.807, 2.05) is 0 Å². The fraction of sp³-hybridized carbons (Fsp3) is 0.933. The van der Waals surface area contributed by atoms with E-state index in [9.17, 15) is 150 Å². The summed E-state index contributed by atoms with van der Waals surface area (Å²) in [4.78, 5) is 25.7. The Morgan fingerprint density at radius 1 is 0.333 bits per heavy atom. The number of nitrogens with one attached hydrogen (secondary N) is 3. The molecule has 0 bridgehead atoms. The minimum Gasteiger partial charge on any atom is -0.479 e. The summed E-state index contributed by atoms with van der Waals surface area (Å²) in [5.74, 6) is -4.94. The Balaban J connectivity index is 1.59. The molecule has 5 heterocycles. The lowest BCUT2D eigenvalue weighted by atomic mass is 9.94. The van der Waals surface area contributed by atoms with Crippen LogP contribution in [-0.2, 0) is 156 Å². The van der Waals surface area contributed by atoms with Crippen molar-refractivity contribution in [1.29, 1.82) is 0 Å². The van der Waals surface area contributed by atoms with Gasteiger partial charge in [-0.2, -0.15) is 81.5 Å². The maximum Gasteiger partial charge on any atom is 0.397 e. The number of carbonyl (C=O) groups is 2. The molecule has 0 spiro atoms. The molecule has 5 saturated heterocycles. The van der Waals surface area contributed by atoms with Crippen LogP contribution < -0.4 is 14.2 Å². The molecule has 5 rings (SSSR count). The fourth-order valence-corrected chi connectivity index (χ4v) is 12.5. The molecule has 0 aromatic heterocycles. The van der Waals surface area contributed by atoms with Crippen molar-refractivity contribution in [3.63, 3.8) is 0 Å². The first-order chi connectivity index (χ1) is 40.6. The van der Waals surface area contributed by atoms with Crippen LogP contribution in [0.1, 0.15) is 0 Å². The van der Waals surface area contributed by atoms with E-state index in [1.165, 1.54) is 9.44 Å². The molecular weight excluding hydrogens is 1440 g/mol. The molecule has 0 saturated carbocycles. The molecular formula is C30H51N3O49S8. The first-order valence-corrected chi connectivity index (χ1v) is 34.3. The molecule has 5 aliphatic rings. The maximum absolute atomic E-state index is 12.9. The van der Waals surface area contributed by atoms with Crippen molar-refractivity contribution in [1.82, 2.24) is 14.2 Å². The summed E-state index contributed by atoms with van der Waals surface area (Å²) in [5.41, 5.74) is 0. The lowest BCUT2D eigenvalue weighted by molar-refractivity contribution is -0.372. The summed E-state index contributed by atoms with van der Waals surface area (Å²) in [5, 5.41) is 97.8. The lowest BCUT2D eigenvalue weighted by Gasteiger charge is -2.50. The second-order valence-corrected chi connectivity index (χ2v) is 27.4. The summed E-state index contributed by atoms with van der Waals surface area (Å²) in [6.07, 6.45) is -64.7. The predicted molar refractivity (Wildman–Crippen MR) is 257 cm³/mol. The minimum absolute atomic E-state index is 1.09. The number of hydrogen-bond acceptors (Lipinski definition) is 39. The third-order valence-electron chi connectivity index (χ3n) is 12.2. The molecule has 0 aliphatic carbocycles. The van der Waals surface area contributed by atoms with E-state index in [0.717, 1.165) is 4.72 Å². The van der Waals surface area contributed by atoms with Crippen molar-refractivity contribution < 1.29 is 223 Å². The average Bonchev–Trinajstić information content (AvgIpc) is 0.774. The Morgan fingerprint density at radius 2 is 0.700 bits per heavy atom. The van der Waals surface area contributed by atoms with E-state index in [-0.39, 0.29) is 0 Å². The normalized spacial score (nSPS) is 38.9. The van der Waals surface area contributed by atoms with Crippen LogP contribution in [0.4, 0.5) is 0 Å². The Morgan fingerprint density at radius 3 is 1.14 bits per heavy atom. The van der Waals surface area contributed by atoms with Gasteiger partial charge in [0.2, 0.25) is 0 Å². The number of hydrogen-bond donors (Lipinski definition) is 20. The molecule has 60 heteroatoms. The van der Waals surface area contributed by atoms with Crippen molar-refractivity contribution in [2.75, 3.05) is 19.8 Å². The Hall–Kier alpha value is -2.74. The molecule has 90 heavy (non-hydrogen) atoms. The average molecular weight is 1490 g/mol. The highest BCUT2D eigenvalue weighted by Crippen LogP contribution is 2.38. The molecule has 0 radical (unpaired) electrons. The largest absolute Gasteiger partial charge is 0.479 e. The van der Waals surface area contributed by atoms with Gasteiger partial charge in [-0.25, -0.2) is 30.5 Å². The van der Waals surface area contributed by atoms with Crippen molar-refractivity contribution >= 4 is 94.8 Å². The van der Waals surface area contributed by atoms with Crippen LogP contribution in [0.5, 0.6) is 0 Å². The molecule has 528 valence electrons. The Bertz CT molecular complexity index is 3470. The zero-order chi connectivity index (χ0) is 68.7. The van der Waals surface area contributed by atoms with Crippen LogP contribution in [0, 0.1) is 0 Å². The van der Waals surface area contributed by atoms with Gasteiger partial charge in [-0.3, -0.25) is 36.4 Å². The molecule has 0 aromatic carbocycles. The smallest absolute Gasteiger partial charge is 0.397 e. The summed E-state index contributed by atoms with van der Waals surface area (Å²) >= 11 is 0. The van der Waals surface area contributed by atoms with Gasteiger partial charge >= 0.3 is 94.8 Å². The second kappa shape index (κ2) is 29.3. The SMILES string of the molecule is O=C(O)[C@H]1O[C@@H](OC2[C@H](COS(=O)(=O)O)O[C@@H](O[C@H]3[C@H](O)[C@@H](OS(=O)(=O)O)[C@H](O[C@H]4[C@H](O)[C@@H](NS(=O)(=O)O)[C@@H](O)O[C@@H]4COS(=O)(=O)O)O[C@@H]3C(=O)O)[C@@H](NS(=O)(=O)O)[C@@H]2OS(=O)(=O)O)[C@H](O)[C@@H](O)[C@@H]1O[C@H]1O[C@H](COS(=O)(=O)O)[C@@H](O)[C@H](O)[C@H]1NS(=O)(=O)O. The predicted octanol–water partition coefficient (Wildman–Crippen LogP) is -14.4. The summed E-state index contributed by atoms with van der Waals surface area (Å²) in [7, 11) is -46.7. The molecule has 0 amide bonds. The van der Waals surface area contributed by atoms with Gasteiger partial charge in [0, 0.05) is 0 Å². The van der Waals surface area contributed by atoms with E-state index in [1.54, 1.807) is 0 Å². The standard InChI is InChI=1S/C30H51N3O49S8/c34-10-4(1-69-86(54,55)56)73-27(8(11(10)35)32-84(48,49)50)77-19-13(37)14(38)29(79-22(19)24(40)41)76-17-6(3-71-88(60,61)62)74-28(9(33-85(51,52)53)18(17)81-89(63,64)65)78-20-15(39)21(82-90(66,67)68)30(80-23(20)25(42)43)75-16-5(2-70-87(57,58)59)72-26(44)7(12(16)36)31-83(45,46)47/h4-23,26-39,44H,1-3H2,(H,40,41)(H,42,43)(H,45,46,47)(H,48,49,50)(H,51,52,53)(H,54,55,56)(H,57,58,59)(H,60,61,62)(H,63,64,65)(H,66,67,68)/t4-,5-,6+,7-,8-,9+,10-,11-,12-,13-,14-,15+,16-,17?,18+,19+,20+,21-,22+,23+,26+,27-,28+,29-,30-/m1/s1. The highest BCUT2D eigenvalue weighted by atomic mass is 32.3. The number of aliphatic hydroxyl groups is 7. The topological polar surface area (TPSA) is 816 Å². The van der Waals surface area contributed by atoms with Gasteiger partial charge in [0.25, 0.3) is 0 Å². The molecule has 1 unspecified atom stereocenters. The van der Waals surface area contributed by atoms with Gasteiger partial charge in [0.1, 0.15) is 104 Å². The van der Waals surface area contributed by atoms with Crippen LogP contribution >= 0.6 is 0 Å². The lowest BCUT2D eigenvalue weighted by Crippen LogP contribution is -2.71. The third-order valence-corrected chi connectivity index (χ3v) is 16.2. The molecule has 0 aromatic rings. The number of carboxylic acid groups (broad SMARTS) is 2. The third kappa shape index (κ3) is 22.4. The number of ether oxygens (including phenoxy) is 9.